The molecule has 2 aromatic rings. The molecule has 0 fully saturated rings. The Bertz CT molecular complexity index is 867. The van der Waals surface area contributed by atoms with Crippen LogP contribution in [0.1, 0.15) is 54.2 Å². The molecule has 144 valence electrons. The lowest BCUT2D eigenvalue weighted by Gasteiger charge is -2.16. The number of carbonyl (C=O) groups excluding carboxylic acids is 2. The van der Waals surface area contributed by atoms with Crippen LogP contribution in [-0.4, -0.2) is 35.4 Å². The summed E-state index contributed by atoms with van der Waals surface area (Å²) in [7, 11) is 3.24. The summed E-state index contributed by atoms with van der Waals surface area (Å²) in [5.74, 6) is -0.225. The number of nitrogens with zero attached hydrogens (tertiary/aromatic N) is 2. The highest BCUT2D eigenvalue weighted by Gasteiger charge is 2.17. The maximum Gasteiger partial charge on any atom is 0.263 e. The molecule has 0 radical (unpaired) electrons. The molecule has 1 aromatic heterocycles. The topological polar surface area (TPSA) is 71.4 Å². The smallest absolute Gasteiger partial charge is 0.263 e. The van der Waals surface area contributed by atoms with Crippen molar-refractivity contribution < 1.29 is 9.59 Å². The van der Waals surface area contributed by atoms with Gasteiger partial charge in [0.15, 0.2) is 0 Å². The van der Waals surface area contributed by atoms with Gasteiger partial charge in [0.2, 0.25) is 5.91 Å². The first kappa shape index (κ1) is 20.4. The number of hydrogen-bond acceptors (Lipinski definition) is 3. The van der Waals surface area contributed by atoms with E-state index in [9.17, 15) is 14.4 Å². The van der Waals surface area contributed by atoms with E-state index in [0.717, 1.165) is 5.56 Å². The number of nitrogens with one attached hydrogen (secondary N) is 1. The van der Waals surface area contributed by atoms with Gasteiger partial charge in [-0.3, -0.25) is 14.4 Å². The van der Waals surface area contributed by atoms with Gasteiger partial charge in [0.1, 0.15) is 12.1 Å². The molecule has 1 heterocycles. The maximum absolute atomic E-state index is 12.6. The average molecular weight is 369 g/mol. The van der Waals surface area contributed by atoms with Gasteiger partial charge in [-0.1, -0.05) is 38.1 Å². The third kappa shape index (κ3) is 5.06. The summed E-state index contributed by atoms with van der Waals surface area (Å²) in [6, 6.07) is 10.9. The third-order valence-corrected chi connectivity index (χ3v) is 4.52. The van der Waals surface area contributed by atoms with Gasteiger partial charge in [-0.15, -0.1) is 0 Å². The molecule has 0 unspecified atom stereocenters. The standard InChI is InChI=1S/C21H27N3O3/c1-14(2)16-8-10-17(11-9-16)15(3)22-20(26)18-7-6-12-24(21(18)27)13-19(25)23(4)5/h6-12,14-15H,13H2,1-5H3,(H,22,26)/t15-/m1/s1. The minimum Gasteiger partial charge on any atom is -0.347 e. The molecule has 0 spiro atoms. The minimum atomic E-state index is -0.479. The number of carbonyl (C=O) groups is 2. The van der Waals surface area contributed by atoms with Crippen molar-refractivity contribution in [2.24, 2.45) is 0 Å². The summed E-state index contributed by atoms with van der Waals surface area (Å²) < 4.78 is 1.25. The lowest BCUT2D eigenvalue weighted by atomic mass is 9.99. The Morgan fingerprint density at radius 1 is 1.04 bits per heavy atom. The van der Waals surface area contributed by atoms with E-state index in [1.807, 2.05) is 31.2 Å². The summed E-state index contributed by atoms with van der Waals surface area (Å²) in [6.45, 7) is 6.03. The van der Waals surface area contributed by atoms with Crippen LogP contribution in [0.25, 0.3) is 0 Å². The first-order valence-electron chi connectivity index (χ1n) is 9.01. The number of hydrogen-bond donors (Lipinski definition) is 1. The largest absolute Gasteiger partial charge is 0.347 e. The zero-order valence-electron chi connectivity index (χ0n) is 16.5. The Balaban J connectivity index is 2.15. The van der Waals surface area contributed by atoms with E-state index in [4.69, 9.17) is 0 Å². The van der Waals surface area contributed by atoms with Crippen LogP contribution in [0, 0.1) is 0 Å². The average Bonchev–Trinajstić information content (AvgIpc) is 2.63. The Hall–Kier alpha value is -2.89. The van der Waals surface area contributed by atoms with Crippen molar-refractivity contribution in [3.8, 4) is 0 Å². The van der Waals surface area contributed by atoms with Crippen molar-refractivity contribution in [1.29, 1.82) is 0 Å². The molecule has 1 N–H and O–H groups in total. The number of likely N-dealkylation sites (N-methyl/N-ethyl adjacent to an activating group) is 1. The number of benzene rings is 1. The number of aromatic nitrogens is 1. The summed E-state index contributed by atoms with van der Waals surface area (Å²) in [5.41, 5.74) is 1.74. The van der Waals surface area contributed by atoms with Crippen molar-refractivity contribution in [1.82, 2.24) is 14.8 Å². The number of rotatable bonds is 6. The lowest BCUT2D eigenvalue weighted by molar-refractivity contribution is -0.129. The summed E-state index contributed by atoms with van der Waals surface area (Å²) in [6.07, 6.45) is 1.51. The van der Waals surface area contributed by atoms with Gasteiger partial charge in [-0.2, -0.15) is 0 Å². The molecular weight excluding hydrogens is 342 g/mol. The van der Waals surface area contributed by atoms with Crippen molar-refractivity contribution in [2.45, 2.75) is 39.3 Å². The van der Waals surface area contributed by atoms with Crippen LogP contribution < -0.4 is 10.9 Å². The molecule has 6 nitrogen and oxygen atoms in total. The van der Waals surface area contributed by atoms with Crippen molar-refractivity contribution in [3.63, 3.8) is 0 Å². The van der Waals surface area contributed by atoms with E-state index in [0.29, 0.717) is 5.92 Å². The van der Waals surface area contributed by atoms with Crippen molar-refractivity contribution >= 4 is 11.8 Å². The molecular formula is C21H27N3O3. The van der Waals surface area contributed by atoms with Crippen molar-refractivity contribution in [2.75, 3.05) is 14.1 Å². The summed E-state index contributed by atoms with van der Waals surface area (Å²) in [5, 5.41) is 2.86. The second-order valence-corrected chi connectivity index (χ2v) is 7.16. The van der Waals surface area contributed by atoms with Gasteiger partial charge >= 0.3 is 0 Å². The quantitative estimate of drug-likeness (QED) is 0.851. The Kier molecular flexibility index (Phi) is 6.55. The van der Waals surface area contributed by atoms with Crippen LogP contribution in [0.5, 0.6) is 0 Å². The third-order valence-electron chi connectivity index (χ3n) is 4.52. The predicted molar refractivity (Wildman–Crippen MR) is 106 cm³/mol. The van der Waals surface area contributed by atoms with Gasteiger partial charge in [0, 0.05) is 20.3 Å². The van der Waals surface area contributed by atoms with E-state index >= 15 is 0 Å². The van der Waals surface area contributed by atoms with E-state index in [1.165, 1.54) is 27.3 Å². The van der Waals surface area contributed by atoms with Gasteiger partial charge in [-0.05, 0) is 36.1 Å². The second kappa shape index (κ2) is 8.66. The molecule has 2 rings (SSSR count). The normalized spacial score (nSPS) is 11.9. The predicted octanol–water partition coefficient (Wildman–Crippen LogP) is 2.55. The number of amides is 2. The minimum absolute atomic E-state index is 0.0229. The van der Waals surface area contributed by atoms with E-state index in [-0.39, 0.29) is 24.1 Å². The highest BCUT2D eigenvalue weighted by Crippen LogP contribution is 2.18. The SMILES string of the molecule is CC(C)c1ccc([C@@H](C)NC(=O)c2cccn(CC(=O)N(C)C)c2=O)cc1. The fourth-order valence-corrected chi connectivity index (χ4v) is 2.65. The van der Waals surface area contributed by atoms with E-state index in [2.05, 4.69) is 19.2 Å². The van der Waals surface area contributed by atoms with Crippen LogP contribution in [-0.2, 0) is 11.3 Å². The van der Waals surface area contributed by atoms with Crippen LogP contribution in [0.4, 0.5) is 0 Å². The Morgan fingerprint density at radius 3 is 2.19 bits per heavy atom. The first-order chi connectivity index (χ1) is 12.7. The van der Waals surface area contributed by atoms with Gasteiger partial charge in [-0.25, -0.2) is 0 Å². The molecule has 6 heteroatoms. The molecule has 0 bridgehead atoms. The van der Waals surface area contributed by atoms with Crippen molar-refractivity contribution in [3.05, 3.63) is 69.6 Å². The second-order valence-electron chi connectivity index (χ2n) is 7.16. The Labute approximate surface area is 159 Å². The molecule has 1 aromatic carbocycles. The summed E-state index contributed by atoms with van der Waals surface area (Å²) in [4.78, 5) is 38.4. The van der Waals surface area contributed by atoms with E-state index < -0.39 is 11.5 Å². The van der Waals surface area contributed by atoms with Crippen LogP contribution in [0.2, 0.25) is 0 Å². The monoisotopic (exact) mass is 369 g/mol. The zero-order valence-corrected chi connectivity index (χ0v) is 16.5. The lowest BCUT2D eigenvalue weighted by Crippen LogP contribution is -2.36. The maximum atomic E-state index is 12.6. The molecule has 0 aliphatic rings. The van der Waals surface area contributed by atoms with Gasteiger partial charge in [0.25, 0.3) is 11.5 Å². The summed E-state index contributed by atoms with van der Waals surface area (Å²) >= 11 is 0. The molecule has 0 saturated carbocycles. The highest BCUT2D eigenvalue weighted by molar-refractivity contribution is 5.94. The molecule has 2 amide bonds. The first-order valence-corrected chi connectivity index (χ1v) is 9.01. The highest BCUT2D eigenvalue weighted by atomic mass is 16.2. The van der Waals surface area contributed by atoms with Gasteiger partial charge < -0.3 is 14.8 Å². The molecule has 0 aliphatic heterocycles. The fourth-order valence-electron chi connectivity index (χ4n) is 2.65. The number of pyridine rings is 1. The van der Waals surface area contributed by atoms with Crippen LogP contribution >= 0.6 is 0 Å². The van der Waals surface area contributed by atoms with E-state index in [1.54, 1.807) is 20.2 Å². The van der Waals surface area contributed by atoms with Crippen LogP contribution in [0.3, 0.4) is 0 Å². The van der Waals surface area contributed by atoms with Gasteiger partial charge in [0.05, 0.1) is 6.04 Å². The molecule has 0 aliphatic carbocycles. The molecule has 0 saturated heterocycles. The fraction of sp³-hybridized carbons (Fsp3) is 0.381. The zero-order chi connectivity index (χ0) is 20.1. The van der Waals surface area contributed by atoms with Crippen LogP contribution in [0.15, 0.2) is 47.4 Å². The molecule has 1 atom stereocenters. The Morgan fingerprint density at radius 2 is 1.63 bits per heavy atom. The molecule has 27 heavy (non-hydrogen) atoms.